The molecule has 17 heavy (non-hydrogen) atoms. The lowest BCUT2D eigenvalue weighted by atomic mass is 10.3. The molecule has 0 unspecified atom stereocenters. The topological polar surface area (TPSA) is 64.3 Å². The van der Waals surface area contributed by atoms with E-state index in [0.29, 0.717) is 18.3 Å². The predicted octanol–water partition coefficient (Wildman–Crippen LogP) is 1.41. The van der Waals surface area contributed by atoms with Crippen LogP contribution in [0.1, 0.15) is 31.5 Å². The van der Waals surface area contributed by atoms with Crippen LogP contribution in [0.2, 0.25) is 0 Å². The van der Waals surface area contributed by atoms with Crippen LogP contribution in [0.3, 0.4) is 0 Å². The van der Waals surface area contributed by atoms with E-state index >= 15 is 0 Å². The molecule has 0 aromatic carbocycles. The predicted molar refractivity (Wildman–Crippen MR) is 68.2 cm³/mol. The highest BCUT2D eigenvalue weighted by Crippen LogP contribution is 2.38. The summed E-state index contributed by atoms with van der Waals surface area (Å²) in [5.41, 5.74) is 5.84. The minimum absolute atomic E-state index is 0.526. The Hall–Kier alpha value is -1.36. The van der Waals surface area contributed by atoms with Crippen molar-refractivity contribution in [3.05, 3.63) is 11.9 Å². The molecule has 5 nitrogen and oxygen atoms in total. The summed E-state index contributed by atoms with van der Waals surface area (Å²) in [7, 11) is 1.71. The van der Waals surface area contributed by atoms with E-state index in [0.717, 1.165) is 24.7 Å². The van der Waals surface area contributed by atoms with Crippen molar-refractivity contribution in [1.29, 1.82) is 0 Å². The van der Waals surface area contributed by atoms with Crippen LogP contribution in [0, 0.1) is 0 Å². The SMILES string of the molecule is CCN(CCOC)c1cc(N)nc(C2CC2)n1. The molecule has 1 aromatic rings. The molecular formula is C12H20N4O. The quantitative estimate of drug-likeness (QED) is 0.809. The average Bonchev–Trinajstić information content (AvgIpc) is 3.13. The third kappa shape index (κ3) is 3.06. The third-order valence-electron chi connectivity index (χ3n) is 2.96. The first-order valence-corrected chi connectivity index (χ1v) is 6.13. The first-order chi connectivity index (χ1) is 8.24. The van der Waals surface area contributed by atoms with E-state index in [2.05, 4.69) is 21.8 Å². The van der Waals surface area contributed by atoms with E-state index in [1.165, 1.54) is 12.8 Å². The number of ether oxygens (including phenoxy) is 1. The summed E-state index contributed by atoms with van der Waals surface area (Å²) in [6, 6.07) is 1.84. The summed E-state index contributed by atoms with van der Waals surface area (Å²) in [6.45, 7) is 4.51. The molecule has 0 spiro atoms. The summed E-state index contributed by atoms with van der Waals surface area (Å²) in [5, 5.41) is 0. The van der Waals surface area contributed by atoms with Gasteiger partial charge in [0.25, 0.3) is 0 Å². The van der Waals surface area contributed by atoms with Gasteiger partial charge in [-0.2, -0.15) is 0 Å². The van der Waals surface area contributed by atoms with Gasteiger partial charge >= 0.3 is 0 Å². The maximum Gasteiger partial charge on any atom is 0.136 e. The van der Waals surface area contributed by atoms with Crippen LogP contribution >= 0.6 is 0 Å². The van der Waals surface area contributed by atoms with Gasteiger partial charge in [-0.15, -0.1) is 0 Å². The Bertz CT molecular complexity index is 379. The Kier molecular flexibility index (Phi) is 3.78. The monoisotopic (exact) mass is 236 g/mol. The van der Waals surface area contributed by atoms with Crippen molar-refractivity contribution in [2.75, 3.05) is 37.4 Å². The number of aromatic nitrogens is 2. The molecule has 0 saturated heterocycles. The Morgan fingerprint density at radius 1 is 1.47 bits per heavy atom. The molecule has 2 rings (SSSR count). The highest BCUT2D eigenvalue weighted by atomic mass is 16.5. The second-order valence-electron chi connectivity index (χ2n) is 4.36. The molecule has 0 bridgehead atoms. The molecule has 1 heterocycles. The zero-order valence-electron chi connectivity index (χ0n) is 10.5. The second-order valence-corrected chi connectivity index (χ2v) is 4.36. The van der Waals surface area contributed by atoms with Crippen LogP contribution in [0.4, 0.5) is 11.6 Å². The summed E-state index contributed by atoms with van der Waals surface area (Å²) >= 11 is 0. The van der Waals surface area contributed by atoms with E-state index in [1.54, 1.807) is 7.11 Å². The maximum atomic E-state index is 5.84. The summed E-state index contributed by atoms with van der Waals surface area (Å²) in [4.78, 5) is 11.1. The van der Waals surface area contributed by atoms with E-state index in [4.69, 9.17) is 10.5 Å². The smallest absolute Gasteiger partial charge is 0.136 e. The Morgan fingerprint density at radius 2 is 2.24 bits per heavy atom. The number of nitrogens with zero attached hydrogens (tertiary/aromatic N) is 3. The van der Waals surface area contributed by atoms with Crippen LogP contribution in [0.25, 0.3) is 0 Å². The Morgan fingerprint density at radius 3 is 2.82 bits per heavy atom. The third-order valence-corrected chi connectivity index (χ3v) is 2.96. The molecule has 94 valence electrons. The molecule has 1 aliphatic carbocycles. The molecule has 1 aliphatic rings. The molecule has 0 radical (unpaired) electrons. The fraction of sp³-hybridized carbons (Fsp3) is 0.667. The van der Waals surface area contributed by atoms with Crippen molar-refractivity contribution in [3.63, 3.8) is 0 Å². The minimum atomic E-state index is 0.526. The molecule has 2 N–H and O–H groups in total. The number of rotatable bonds is 6. The minimum Gasteiger partial charge on any atom is -0.384 e. The fourth-order valence-electron chi connectivity index (χ4n) is 1.79. The van der Waals surface area contributed by atoms with Crippen LogP contribution in [-0.2, 0) is 4.74 Å². The van der Waals surface area contributed by atoms with Gasteiger partial charge in [0.05, 0.1) is 6.61 Å². The number of hydrogen-bond acceptors (Lipinski definition) is 5. The van der Waals surface area contributed by atoms with E-state index in [9.17, 15) is 0 Å². The van der Waals surface area contributed by atoms with Crippen LogP contribution in [-0.4, -0.2) is 36.8 Å². The molecule has 0 amide bonds. The Balaban J connectivity index is 2.16. The number of hydrogen-bond donors (Lipinski definition) is 1. The first kappa shape index (κ1) is 12.1. The van der Waals surface area contributed by atoms with Gasteiger partial charge < -0.3 is 15.4 Å². The number of nitrogen functional groups attached to an aromatic ring is 1. The van der Waals surface area contributed by atoms with Gasteiger partial charge in [-0.3, -0.25) is 0 Å². The molecule has 1 fully saturated rings. The fourth-order valence-corrected chi connectivity index (χ4v) is 1.79. The van der Waals surface area contributed by atoms with E-state index in [1.807, 2.05) is 6.07 Å². The highest BCUT2D eigenvalue weighted by Gasteiger charge is 2.27. The van der Waals surface area contributed by atoms with Gasteiger partial charge in [0.15, 0.2) is 0 Å². The van der Waals surface area contributed by atoms with Crippen molar-refractivity contribution in [2.24, 2.45) is 0 Å². The number of likely N-dealkylation sites (N-methyl/N-ethyl adjacent to an activating group) is 1. The Labute approximate surface area is 102 Å². The first-order valence-electron chi connectivity index (χ1n) is 6.13. The van der Waals surface area contributed by atoms with Crippen molar-refractivity contribution in [3.8, 4) is 0 Å². The van der Waals surface area contributed by atoms with Gasteiger partial charge in [-0.1, -0.05) is 0 Å². The molecular weight excluding hydrogens is 216 g/mol. The number of methoxy groups -OCH3 is 1. The molecule has 5 heteroatoms. The molecule has 0 atom stereocenters. The van der Waals surface area contributed by atoms with Gasteiger partial charge in [-0.05, 0) is 19.8 Å². The van der Waals surface area contributed by atoms with Crippen LogP contribution in [0.5, 0.6) is 0 Å². The zero-order chi connectivity index (χ0) is 12.3. The second kappa shape index (κ2) is 5.31. The number of anilines is 2. The van der Waals surface area contributed by atoms with Gasteiger partial charge in [0.2, 0.25) is 0 Å². The standard InChI is InChI=1S/C12H20N4O/c1-3-16(6-7-17-2)11-8-10(13)14-12(15-11)9-4-5-9/h8-9H,3-7H2,1-2H3,(H2,13,14,15). The van der Waals surface area contributed by atoms with Gasteiger partial charge in [0, 0.05) is 32.2 Å². The van der Waals surface area contributed by atoms with Crippen molar-refractivity contribution < 1.29 is 4.74 Å². The zero-order valence-corrected chi connectivity index (χ0v) is 10.5. The van der Waals surface area contributed by atoms with Gasteiger partial charge in [0.1, 0.15) is 17.5 Å². The van der Waals surface area contributed by atoms with E-state index < -0.39 is 0 Å². The lowest BCUT2D eigenvalue weighted by molar-refractivity contribution is 0.205. The number of nitrogens with two attached hydrogens (primary N) is 1. The summed E-state index contributed by atoms with van der Waals surface area (Å²) < 4.78 is 5.10. The normalized spacial score (nSPS) is 14.9. The van der Waals surface area contributed by atoms with E-state index in [-0.39, 0.29) is 0 Å². The molecule has 1 aromatic heterocycles. The summed E-state index contributed by atoms with van der Waals surface area (Å²) in [6.07, 6.45) is 2.38. The largest absolute Gasteiger partial charge is 0.384 e. The summed E-state index contributed by atoms with van der Waals surface area (Å²) in [5.74, 6) is 2.90. The van der Waals surface area contributed by atoms with Gasteiger partial charge in [-0.25, -0.2) is 9.97 Å². The average molecular weight is 236 g/mol. The van der Waals surface area contributed by atoms with Crippen molar-refractivity contribution in [2.45, 2.75) is 25.7 Å². The van der Waals surface area contributed by atoms with Crippen LogP contribution in [0.15, 0.2) is 6.07 Å². The lowest BCUT2D eigenvalue weighted by Crippen LogP contribution is -2.28. The molecule has 0 aliphatic heterocycles. The molecule has 1 saturated carbocycles. The van der Waals surface area contributed by atoms with Crippen molar-refractivity contribution >= 4 is 11.6 Å². The van der Waals surface area contributed by atoms with Crippen LogP contribution < -0.4 is 10.6 Å². The van der Waals surface area contributed by atoms with Crippen molar-refractivity contribution in [1.82, 2.24) is 9.97 Å². The highest BCUT2D eigenvalue weighted by molar-refractivity contribution is 5.47. The lowest BCUT2D eigenvalue weighted by Gasteiger charge is -2.22. The maximum absolute atomic E-state index is 5.84.